The van der Waals surface area contributed by atoms with E-state index in [9.17, 15) is 9.18 Å². The number of benzene rings is 1. The van der Waals surface area contributed by atoms with E-state index in [0.717, 1.165) is 42.5 Å². The van der Waals surface area contributed by atoms with Crippen LogP contribution in [0, 0.1) is 5.82 Å². The molecular formula is C21H23FN6O. The van der Waals surface area contributed by atoms with Gasteiger partial charge in [0.2, 0.25) is 0 Å². The second kappa shape index (κ2) is 8.00. The molecule has 7 nitrogen and oxygen atoms in total. The molecule has 0 aliphatic heterocycles. The van der Waals surface area contributed by atoms with Crippen molar-refractivity contribution in [1.82, 2.24) is 9.97 Å². The number of pyridine rings is 2. The quantitative estimate of drug-likeness (QED) is 0.527. The summed E-state index contributed by atoms with van der Waals surface area (Å²) in [6.45, 7) is 0. The Labute approximate surface area is 167 Å². The summed E-state index contributed by atoms with van der Waals surface area (Å²) in [4.78, 5) is 20.5. The summed E-state index contributed by atoms with van der Waals surface area (Å²) in [6.07, 6.45) is 7.19. The second-order valence-corrected chi connectivity index (χ2v) is 7.31. The van der Waals surface area contributed by atoms with Crippen LogP contribution in [0.15, 0.2) is 42.7 Å². The largest absolute Gasteiger partial charge is 0.365 e. The number of rotatable bonds is 5. The third-order valence-electron chi connectivity index (χ3n) is 5.30. The molecule has 0 bridgehead atoms. The summed E-state index contributed by atoms with van der Waals surface area (Å²) in [7, 11) is 0. The minimum absolute atomic E-state index is 0.0334. The third kappa shape index (κ3) is 3.97. The summed E-state index contributed by atoms with van der Waals surface area (Å²) in [6, 6.07) is 8.63. The zero-order valence-corrected chi connectivity index (χ0v) is 15.9. The highest BCUT2D eigenvalue weighted by Crippen LogP contribution is 2.29. The van der Waals surface area contributed by atoms with Crippen LogP contribution in [0.3, 0.4) is 0 Å². The van der Waals surface area contributed by atoms with E-state index in [2.05, 4.69) is 20.6 Å². The molecule has 1 aliphatic carbocycles. The number of amides is 1. The van der Waals surface area contributed by atoms with E-state index >= 15 is 0 Å². The Morgan fingerprint density at radius 1 is 1.14 bits per heavy atom. The van der Waals surface area contributed by atoms with Gasteiger partial charge in [-0.3, -0.25) is 9.78 Å². The van der Waals surface area contributed by atoms with Gasteiger partial charge in [-0.05, 0) is 18.9 Å². The van der Waals surface area contributed by atoms with Crippen LogP contribution in [0.1, 0.15) is 36.0 Å². The summed E-state index contributed by atoms with van der Waals surface area (Å²) in [5.41, 5.74) is 12.2. The molecule has 3 aromatic rings. The van der Waals surface area contributed by atoms with Gasteiger partial charge in [0, 0.05) is 29.1 Å². The normalized spacial score (nSPS) is 19.1. The van der Waals surface area contributed by atoms with Crippen LogP contribution in [-0.4, -0.2) is 28.0 Å². The molecule has 1 amide bonds. The Balaban J connectivity index is 1.72. The van der Waals surface area contributed by atoms with Crippen molar-refractivity contribution in [2.24, 2.45) is 11.5 Å². The van der Waals surface area contributed by atoms with Crippen molar-refractivity contribution in [3.8, 4) is 0 Å². The van der Waals surface area contributed by atoms with Crippen LogP contribution in [0.25, 0.3) is 10.8 Å². The first kappa shape index (κ1) is 19.1. The number of halogens is 1. The van der Waals surface area contributed by atoms with Crippen LogP contribution in [-0.2, 0) is 0 Å². The van der Waals surface area contributed by atoms with Gasteiger partial charge in [0.25, 0.3) is 5.91 Å². The number of nitrogens with one attached hydrogen (secondary N) is 2. The average Bonchev–Trinajstić information content (AvgIpc) is 2.72. The second-order valence-electron chi connectivity index (χ2n) is 7.31. The Hall–Kier alpha value is -3.26. The Morgan fingerprint density at radius 2 is 1.93 bits per heavy atom. The standard InChI is InChI=1S/C21H23FN6O/c22-15-9-14(19(24)29)20(28-21(15)26-17-8-4-3-7-16(17)23)27-18-11-25-10-12-5-1-2-6-13(12)18/h1-2,5-6,9-11,16-17H,3-4,7-8,23H2,(H2,24,29)(H2,26,27,28)/t16-,17+/m0/s1. The van der Waals surface area contributed by atoms with Crippen molar-refractivity contribution >= 4 is 34.0 Å². The third-order valence-corrected chi connectivity index (χ3v) is 5.30. The van der Waals surface area contributed by atoms with E-state index in [1.807, 2.05) is 24.3 Å². The predicted octanol–water partition coefficient (Wildman–Crippen LogP) is 3.29. The van der Waals surface area contributed by atoms with Gasteiger partial charge in [-0.1, -0.05) is 37.1 Å². The first-order chi connectivity index (χ1) is 14.0. The lowest BCUT2D eigenvalue weighted by molar-refractivity contribution is 0.100. The highest BCUT2D eigenvalue weighted by atomic mass is 19.1. The summed E-state index contributed by atoms with van der Waals surface area (Å²) < 4.78 is 14.7. The van der Waals surface area contributed by atoms with Crippen LogP contribution < -0.4 is 22.1 Å². The van der Waals surface area contributed by atoms with E-state index in [4.69, 9.17) is 11.5 Å². The van der Waals surface area contributed by atoms with Crippen LogP contribution in [0.5, 0.6) is 0 Å². The fourth-order valence-electron chi connectivity index (χ4n) is 3.73. The van der Waals surface area contributed by atoms with E-state index in [1.54, 1.807) is 12.4 Å². The molecule has 0 spiro atoms. The summed E-state index contributed by atoms with van der Waals surface area (Å²) in [5.74, 6) is -1.19. The van der Waals surface area contributed by atoms with Crippen molar-refractivity contribution in [3.63, 3.8) is 0 Å². The fourth-order valence-corrected chi connectivity index (χ4v) is 3.73. The molecule has 0 radical (unpaired) electrons. The maximum absolute atomic E-state index is 14.7. The average molecular weight is 394 g/mol. The van der Waals surface area contributed by atoms with Crippen molar-refractivity contribution < 1.29 is 9.18 Å². The molecule has 0 unspecified atom stereocenters. The molecule has 8 heteroatoms. The van der Waals surface area contributed by atoms with Crippen LogP contribution in [0.4, 0.5) is 21.7 Å². The maximum Gasteiger partial charge on any atom is 0.252 e. The number of carbonyl (C=O) groups excluding carboxylic acids is 1. The number of hydrogen-bond donors (Lipinski definition) is 4. The molecule has 2 heterocycles. The highest BCUT2D eigenvalue weighted by molar-refractivity contribution is 6.01. The van der Waals surface area contributed by atoms with Gasteiger partial charge < -0.3 is 22.1 Å². The number of primary amides is 1. The van der Waals surface area contributed by atoms with Gasteiger partial charge in [-0.2, -0.15) is 0 Å². The molecule has 1 saturated carbocycles. The Morgan fingerprint density at radius 3 is 2.72 bits per heavy atom. The number of carbonyl (C=O) groups is 1. The minimum atomic E-state index is -0.770. The van der Waals surface area contributed by atoms with Gasteiger partial charge in [-0.25, -0.2) is 9.37 Å². The maximum atomic E-state index is 14.7. The van der Waals surface area contributed by atoms with Gasteiger partial charge in [0.05, 0.1) is 17.4 Å². The zero-order valence-electron chi connectivity index (χ0n) is 15.9. The SMILES string of the molecule is NC(=O)c1cc(F)c(N[C@@H]2CCCC[C@@H]2N)nc1Nc1cncc2ccccc12. The van der Waals surface area contributed by atoms with Crippen LogP contribution in [0.2, 0.25) is 0 Å². The number of anilines is 3. The molecule has 150 valence electrons. The molecule has 1 fully saturated rings. The van der Waals surface area contributed by atoms with Crippen molar-refractivity contribution in [1.29, 1.82) is 0 Å². The van der Waals surface area contributed by atoms with Crippen molar-refractivity contribution in [3.05, 3.63) is 54.1 Å². The molecule has 29 heavy (non-hydrogen) atoms. The molecule has 1 aromatic carbocycles. The van der Waals surface area contributed by atoms with Gasteiger partial charge >= 0.3 is 0 Å². The first-order valence-corrected chi connectivity index (χ1v) is 9.65. The Bertz CT molecular complexity index is 1050. The summed E-state index contributed by atoms with van der Waals surface area (Å²) >= 11 is 0. The monoisotopic (exact) mass is 394 g/mol. The summed E-state index contributed by atoms with van der Waals surface area (Å²) in [5, 5.41) is 8.03. The van der Waals surface area contributed by atoms with E-state index < -0.39 is 11.7 Å². The topological polar surface area (TPSA) is 119 Å². The van der Waals surface area contributed by atoms with E-state index in [1.165, 1.54) is 0 Å². The lowest BCUT2D eigenvalue weighted by Crippen LogP contribution is -2.43. The van der Waals surface area contributed by atoms with Gasteiger partial charge in [0.15, 0.2) is 11.6 Å². The molecule has 1 aliphatic rings. The molecule has 0 saturated heterocycles. The Kier molecular flexibility index (Phi) is 5.26. The lowest BCUT2D eigenvalue weighted by Gasteiger charge is -2.30. The zero-order chi connectivity index (χ0) is 20.4. The molecular weight excluding hydrogens is 371 g/mol. The lowest BCUT2D eigenvalue weighted by atomic mass is 9.91. The van der Waals surface area contributed by atoms with E-state index in [0.29, 0.717) is 5.69 Å². The minimum Gasteiger partial charge on any atom is -0.365 e. The van der Waals surface area contributed by atoms with E-state index in [-0.39, 0.29) is 29.3 Å². The number of nitrogens with zero attached hydrogens (tertiary/aromatic N) is 2. The van der Waals surface area contributed by atoms with Crippen molar-refractivity contribution in [2.75, 3.05) is 10.6 Å². The number of hydrogen-bond acceptors (Lipinski definition) is 6. The fraction of sp³-hybridized carbons (Fsp3) is 0.286. The number of nitrogens with two attached hydrogens (primary N) is 2. The van der Waals surface area contributed by atoms with Gasteiger partial charge in [-0.15, -0.1) is 0 Å². The predicted molar refractivity (Wildman–Crippen MR) is 112 cm³/mol. The highest BCUT2D eigenvalue weighted by Gasteiger charge is 2.24. The van der Waals surface area contributed by atoms with Crippen molar-refractivity contribution in [2.45, 2.75) is 37.8 Å². The molecule has 2 atom stereocenters. The van der Waals surface area contributed by atoms with Crippen LogP contribution >= 0.6 is 0 Å². The first-order valence-electron chi connectivity index (χ1n) is 9.65. The molecule has 6 N–H and O–H groups in total. The molecule has 2 aromatic heterocycles. The smallest absolute Gasteiger partial charge is 0.252 e. The molecule has 4 rings (SSSR count). The van der Waals surface area contributed by atoms with Gasteiger partial charge in [0.1, 0.15) is 5.82 Å². The number of fused-ring (bicyclic) bond motifs is 1. The number of aromatic nitrogens is 2.